The van der Waals surface area contributed by atoms with E-state index in [2.05, 4.69) is 5.32 Å². The summed E-state index contributed by atoms with van der Waals surface area (Å²) in [6.07, 6.45) is -0.165. The van der Waals surface area contributed by atoms with Gasteiger partial charge in [0.25, 0.3) is 0 Å². The minimum atomic E-state index is -0.764. The summed E-state index contributed by atoms with van der Waals surface area (Å²) < 4.78 is 0. The molecular formula is C12H18N2O3. The third kappa shape index (κ3) is 3.52. The lowest BCUT2D eigenvalue weighted by atomic mass is 10.0. The molecule has 0 aliphatic heterocycles. The summed E-state index contributed by atoms with van der Waals surface area (Å²) in [5.41, 5.74) is 1.37. The Bertz CT molecular complexity index is 351. The summed E-state index contributed by atoms with van der Waals surface area (Å²) >= 11 is 0. The Kier molecular flexibility index (Phi) is 5.09. The van der Waals surface area contributed by atoms with Gasteiger partial charge in [-0.25, -0.2) is 0 Å². The van der Waals surface area contributed by atoms with Crippen LogP contribution in [-0.2, 0) is 4.79 Å². The Morgan fingerprint density at radius 2 is 1.94 bits per heavy atom. The first-order chi connectivity index (χ1) is 8.10. The zero-order valence-corrected chi connectivity index (χ0v) is 10.00. The number of hydrogen-bond acceptors (Lipinski definition) is 4. The van der Waals surface area contributed by atoms with Crippen LogP contribution < -0.4 is 5.32 Å². The van der Waals surface area contributed by atoms with Crippen LogP contribution in [0.25, 0.3) is 0 Å². The maximum absolute atomic E-state index is 10.2. The highest BCUT2D eigenvalue weighted by molar-refractivity contribution is 5.71. The number of amides is 1. The van der Waals surface area contributed by atoms with Gasteiger partial charge in [0.15, 0.2) is 0 Å². The predicted octanol–water partition coefficient (Wildman–Crippen LogP) is 0.211. The van der Waals surface area contributed by atoms with Crippen LogP contribution in [0, 0.1) is 0 Å². The highest BCUT2D eigenvalue weighted by Gasteiger charge is 2.21. The number of likely N-dealkylation sites (N-methyl/N-ethyl adjacent to an activating group) is 1. The van der Waals surface area contributed by atoms with Crippen molar-refractivity contribution in [3.8, 4) is 0 Å². The third-order valence-electron chi connectivity index (χ3n) is 2.69. The molecule has 94 valence electrons. The van der Waals surface area contributed by atoms with Gasteiger partial charge in [0.05, 0.1) is 18.8 Å². The maximum atomic E-state index is 10.2. The summed E-state index contributed by atoms with van der Waals surface area (Å²) in [7, 11) is 3.60. The number of hydrogen-bond donors (Lipinski definition) is 3. The van der Waals surface area contributed by atoms with Crippen molar-refractivity contribution in [1.82, 2.24) is 4.90 Å². The maximum Gasteiger partial charge on any atom is 0.211 e. The van der Waals surface area contributed by atoms with Crippen molar-refractivity contribution in [2.45, 2.75) is 12.1 Å². The van der Waals surface area contributed by atoms with Crippen LogP contribution in [0.1, 0.15) is 11.7 Å². The molecule has 0 aromatic heterocycles. The zero-order valence-electron chi connectivity index (χ0n) is 10.00. The number of carbonyl (C=O) groups excluding carboxylic acids is 1. The summed E-state index contributed by atoms with van der Waals surface area (Å²) in [6.45, 7) is -0.123. The zero-order chi connectivity index (χ0) is 12.8. The van der Waals surface area contributed by atoms with Gasteiger partial charge < -0.3 is 20.4 Å². The molecule has 0 heterocycles. The van der Waals surface area contributed by atoms with E-state index in [1.807, 2.05) is 0 Å². The summed E-state index contributed by atoms with van der Waals surface area (Å²) in [6, 6.07) is 6.51. The molecule has 0 bridgehead atoms. The highest BCUT2D eigenvalue weighted by atomic mass is 16.3. The number of nitrogens with one attached hydrogen (secondary N) is 1. The molecule has 1 aromatic carbocycles. The number of aliphatic hydroxyl groups is 2. The molecule has 3 N–H and O–H groups in total. The Morgan fingerprint density at radius 1 is 1.35 bits per heavy atom. The standard InChI is InChI=1S/C12H18N2O3/c1-14(2)11(7-15)12(17)9-3-5-10(6-4-9)13-8-16/h3-6,8,11-12,15,17H,7H2,1-2H3,(H,13,16). The van der Waals surface area contributed by atoms with Crippen molar-refractivity contribution in [2.24, 2.45) is 0 Å². The number of carbonyl (C=O) groups is 1. The lowest BCUT2D eigenvalue weighted by Gasteiger charge is -2.27. The average Bonchev–Trinajstić information content (AvgIpc) is 2.30. The SMILES string of the molecule is CN(C)C(CO)C(O)c1ccc(NC=O)cc1. The van der Waals surface area contributed by atoms with E-state index in [1.165, 1.54) is 0 Å². The number of anilines is 1. The minimum Gasteiger partial charge on any atom is -0.395 e. The van der Waals surface area contributed by atoms with Crippen LogP contribution in [-0.4, -0.2) is 48.3 Å². The van der Waals surface area contributed by atoms with Crippen LogP contribution >= 0.6 is 0 Å². The fourth-order valence-electron chi connectivity index (χ4n) is 1.61. The normalized spacial score (nSPS) is 14.4. The molecule has 2 atom stereocenters. The van der Waals surface area contributed by atoms with Crippen molar-refractivity contribution in [1.29, 1.82) is 0 Å². The van der Waals surface area contributed by atoms with E-state index in [4.69, 9.17) is 0 Å². The molecule has 0 aliphatic carbocycles. The molecule has 2 unspecified atom stereocenters. The lowest BCUT2D eigenvalue weighted by molar-refractivity contribution is -0.105. The van der Waals surface area contributed by atoms with Gasteiger partial charge in [0.1, 0.15) is 0 Å². The Balaban J connectivity index is 2.81. The minimum absolute atomic E-state index is 0.123. The van der Waals surface area contributed by atoms with Crippen molar-refractivity contribution in [3.05, 3.63) is 29.8 Å². The van der Waals surface area contributed by atoms with Gasteiger partial charge in [0, 0.05) is 5.69 Å². The lowest BCUT2D eigenvalue weighted by Crippen LogP contribution is -2.37. The first-order valence-electron chi connectivity index (χ1n) is 5.35. The first-order valence-corrected chi connectivity index (χ1v) is 5.35. The van der Waals surface area contributed by atoms with E-state index >= 15 is 0 Å². The van der Waals surface area contributed by atoms with E-state index in [-0.39, 0.29) is 12.6 Å². The number of rotatable bonds is 6. The molecule has 17 heavy (non-hydrogen) atoms. The first kappa shape index (κ1) is 13.6. The molecule has 1 aromatic rings. The van der Waals surface area contributed by atoms with Gasteiger partial charge in [-0.2, -0.15) is 0 Å². The average molecular weight is 238 g/mol. The monoisotopic (exact) mass is 238 g/mol. The number of nitrogens with zero attached hydrogens (tertiary/aromatic N) is 1. The van der Waals surface area contributed by atoms with E-state index in [0.717, 1.165) is 0 Å². The molecule has 5 heteroatoms. The Morgan fingerprint density at radius 3 is 2.35 bits per heavy atom. The largest absolute Gasteiger partial charge is 0.395 e. The third-order valence-corrected chi connectivity index (χ3v) is 2.69. The van der Waals surface area contributed by atoms with Gasteiger partial charge in [-0.15, -0.1) is 0 Å². The van der Waals surface area contributed by atoms with Crippen molar-refractivity contribution in [3.63, 3.8) is 0 Å². The second kappa shape index (κ2) is 6.34. The van der Waals surface area contributed by atoms with Crippen molar-refractivity contribution < 1.29 is 15.0 Å². The van der Waals surface area contributed by atoms with Gasteiger partial charge >= 0.3 is 0 Å². The second-order valence-corrected chi connectivity index (χ2v) is 4.04. The molecule has 5 nitrogen and oxygen atoms in total. The molecule has 0 fully saturated rings. The summed E-state index contributed by atoms with van der Waals surface area (Å²) in [5.74, 6) is 0. The van der Waals surface area contributed by atoms with Gasteiger partial charge in [-0.1, -0.05) is 12.1 Å². The van der Waals surface area contributed by atoms with E-state index < -0.39 is 6.10 Å². The molecule has 0 aliphatic rings. The van der Waals surface area contributed by atoms with Crippen LogP contribution in [0.2, 0.25) is 0 Å². The van der Waals surface area contributed by atoms with E-state index in [1.54, 1.807) is 43.3 Å². The van der Waals surface area contributed by atoms with Gasteiger partial charge in [0.2, 0.25) is 6.41 Å². The Hall–Kier alpha value is -1.43. The quantitative estimate of drug-likeness (QED) is 0.619. The number of aliphatic hydroxyl groups excluding tert-OH is 2. The van der Waals surface area contributed by atoms with Gasteiger partial charge in [-0.05, 0) is 31.8 Å². The summed E-state index contributed by atoms with van der Waals surface area (Å²) in [4.78, 5) is 12.0. The second-order valence-electron chi connectivity index (χ2n) is 4.04. The van der Waals surface area contributed by atoms with Gasteiger partial charge in [-0.3, -0.25) is 4.79 Å². The summed E-state index contributed by atoms with van der Waals surface area (Å²) in [5, 5.41) is 21.8. The van der Waals surface area contributed by atoms with Crippen LogP contribution in [0.4, 0.5) is 5.69 Å². The van der Waals surface area contributed by atoms with E-state index in [9.17, 15) is 15.0 Å². The molecular weight excluding hydrogens is 220 g/mol. The van der Waals surface area contributed by atoms with Crippen LogP contribution in [0.3, 0.4) is 0 Å². The Labute approximate surface area is 101 Å². The smallest absolute Gasteiger partial charge is 0.211 e. The molecule has 0 saturated heterocycles. The topological polar surface area (TPSA) is 72.8 Å². The van der Waals surface area contributed by atoms with Crippen molar-refractivity contribution in [2.75, 3.05) is 26.0 Å². The van der Waals surface area contributed by atoms with Crippen LogP contribution in [0.15, 0.2) is 24.3 Å². The molecule has 0 radical (unpaired) electrons. The van der Waals surface area contributed by atoms with E-state index in [0.29, 0.717) is 17.7 Å². The highest BCUT2D eigenvalue weighted by Crippen LogP contribution is 2.21. The predicted molar refractivity (Wildman–Crippen MR) is 65.6 cm³/mol. The van der Waals surface area contributed by atoms with Crippen LogP contribution in [0.5, 0.6) is 0 Å². The molecule has 0 saturated carbocycles. The van der Waals surface area contributed by atoms with Crippen molar-refractivity contribution >= 4 is 12.1 Å². The molecule has 0 spiro atoms. The number of benzene rings is 1. The fraction of sp³-hybridized carbons (Fsp3) is 0.417. The molecule has 1 rings (SSSR count). The fourth-order valence-corrected chi connectivity index (χ4v) is 1.61. The molecule has 1 amide bonds.